The zero-order chi connectivity index (χ0) is 14.9. The van der Waals surface area contributed by atoms with Gasteiger partial charge >= 0.3 is 0 Å². The fraction of sp³-hybridized carbons (Fsp3) is 0.571. The number of methoxy groups -OCH3 is 1. The Bertz CT molecular complexity index is 603. The molecule has 0 spiro atoms. The lowest BCUT2D eigenvalue weighted by Crippen LogP contribution is -2.58. The van der Waals surface area contributed by atoms with Crippen molar-refractivity contribution in [3.63, 3.8) is 0 Å². The van der Waals surface area contributed by atoms with Gasteiger partial charge in [0.05, 0.1) is 17.3 Å². The molecule has 108 valence electrons. The van der Waals surface area contributed by atoms with Gasteiger partial charge in [-0.05, 0) is 6.42 Å². The number of hydrogen-bond acceptors (Lipinski definition) is 4. The van der Waals surface area contributed by atoms with Crippen LogP contribution in [0.2, 0.25) is 5.02 Å². The molecule has 1 saturated carbocycles. The molecule has 1 fully saturated rings. The average molecular weight is 296 g/mol. The maximum atomic E-state index is 12.2. The SMILES string of the molecule is C#CCn1ncc(Cl)c(NC2CC(OC)C2(C)C)c1=O. The van der Waals surface area contributed by atoms with Crippen LogP contribution in [0.15, 0.2) is 11.0 Å². The third-order valence-corrected chi connectivity index (χ3v) is 4.31. The Morgan fingerprint density at radius 3 is 2.95 bits per heavy atom. The molecule has 1 aromatic rings. The highest BCUT2D eigenvalue weighted by molar-refractivity contribution is 6.33. The highest BCUT2D eigenvalue weighted by atomic mass is 35.5. The van der Waals surface area contributed by atoms with E-state index in [2.05, 4.69) is 30.2 Å². The largest absolute Gasteiger partial charge is 0.381 e. The second kappa shape index (κ2) is 5.47. The van der Waals surface area contributed by atoms with Crippen molar-refractivity contribution in [2.75, 3.05) is 12.4 Å². The number of hydrogen-bond donors (Lipinski definition) is 1. The average Bonchev–Trinajstić information content (AvgIpc) is 2.40. The molecule has 1 heterocycles. The molecule has 1 aliphatic rings. The summed E-state index contributed by atoms with van der Waals surface area (Å²) in [5.41, 5.74) is -0.0123. The summed E-state index contributed by atoms with van der Waals surface area (Å²) >= 11 is 6.07. The first-order valence-electron chi connectivity index (χ1n) is 6.40. The normalized spacial score (nSPS) is 23.8. The standard InChI is InChI=1S/C14H18ClN3O2/c1-5-6-18-13(19)12(9(15)8-16-18)17-10-7-11(20-4)14(10,2)3/h1,8,10-11,17H,6-7H2,2-4H3. The highest BCUT2D eigenvalue weighted by Crippen LogP contribution is 2.44. The zero-order valence-corrected chi connectivity index (χ0v) is 12.6. The van der Waals surface area contributed by atoms with E-state index in [1.54, 1.807) is 7.11 Å². The van der Waals surface area contributed by atoms with Crippen LogP contribution in [0, 0.1) is 17.8 Å². The van der Waals surface area contributed by atoms with Crippen LogP contribution in [0.4, 0.5) is 5.69 Å². The first-order valence-corrected chi connectivity index (χ1v) is 6.78. The van der Waals surface area contributed by atoms with Gasteiger partial charge in [0, 0.05) is 18.6 Å². The molecule has 1 aliphatic carbocycles. The highest BCUT2D eigenvalue weighted by Gasteiger charge is 2.48. The lowest BCUT2D eigenvalue weighted by atomic mass is 9.64. The molecule has 6 heteroatoms. The molecule has 0 saturated heterocycles. The van der Waals surface area contributed by atoms with Crippen molar-refractivity contribution in [2.45, 2.75) is 39.0 Å². The van der Waals surface area contributed by atoms with E-state index in [0.29, 0.717) is 10.7 Å². The van der Waals surface area contributed by atoms with Gasteiger partial charge < -0.3 is 10.1 Å². The van der Waals surface area contributed by atoms with E-state index in [1.165, 1.54) is 10.9 Å². The van der Waals surface area contributed by atoms with Crippen molar-refractivity contribution in [3.8, 4) is 12.3 Å². The lowest BCUT2D eigenvalue weighted by Gasteiger charge is -2.51. The molecule has 0 aromatic carbocycles. The summed E-state index contributed by atoms with van der Waals surface area (Å²) in [7, 11) is 1.70. The van der Waals surface area contributed by atoms with Gasteiger partial charge in [-0.25, -0.2) is 4.68 Å². The molecule has 2 rings (SSSR count). The summed E-state index contributed by atoms with van der Waals surface area (Å²) in [6.07, 6.45) is 7.65. The summed E-state index contributed by atoms with van der Waals surface area (Å²) in [5.74, 6) is 2.39. The molecule has 2 unspecified atom stereocenters. The van der Waals surface area contributed by atoms with Gasteiger partial charge in [0.2, 0.25) is 0 Å². The third kappa shape index (κ3) is 2.41. The number of aromatic nitrogens is 2. The first kappa shape index (κ1) is 14.9. The molecular weight excluding hydrogens is 278 g/mol. The van der Waals surface area contributed by atoms with Crippen LogP contribution in [-0.4, -0.2) is 29.0 Å². The second-order valence-corrected chi connectivity index (χ2v) is 5.92. The minimum Gasteiger partial charge on any atom is -0.381 e. The Labute approximate surface area is 123 Å². The minimum absolute atomic E-state index is 0.0647. The van der Waals surface area contributed by atoms with E-state index in [1.807, 2.05) is 0 Å². The van der Waals surface area contributed by atoms with E-state index >= 15 is 0 Å². The molecule has 5 nitrogen and oxygen atoms in total. The van der Waals surface area contributed by atoms with E-state index in [-0.39, 0.29) is 29.7 Å². The fourth-order valence-corrected chi connectivity index (χ4v) is 2.68. The topological polar surface area (TPSA) is 56.1 Å². The number of terminal acetylenes is 1. The van der Waals surface area contributed by atoms with Crippen molar-refractivity contribution < 1.29 is 4.74 Å². The Kier molecular flexibility index (Phi) is 4.07. The molecule has 0 bridgehead atoms. The van der Waals surface area contributed by atoms with E-state index in [0.717, 1.165) is 6.42 Å². The van der Waals surface area contributed by atoms with Crippen LogP contribution in [0.3, 0.4) is 0 Å². The third-order valence-electron chi connectivity index (χ3n) is 4.02. The van der Waals surface area contributed by atoms with Crippen LogP contribution in [0.5, 0.6) is 0 Å². The van der Waals surface area contributed by atoms with Crippen molar-refractivity contribution in [2.24, 2.45) is 5.41 Å². The zero-order valence-electron chi connectivity index (χ0n) is 11.8. The van der Waals surface area contributed by atoms with Crippen LogP contribution in [0.1, 0.15) is 20.3 Å². The number of nitrogens with one attached hydrogen (secondary N) is 1. The Morgan fingerprint density at radius 2 is 2.40 bits per heavy atom. The quantitative estimate of drug-likeness (QED) is 0.860. The predicted octanol–water partition coefficient (Wildman–Crippen LogP) is 1.76. The van der Waals surface area contributed by atoms with Gasteiger partial charge in [-0.1, -0.05) is 31.4 Å². The van der Waals surface area contributed by atoms with E-state index < -0.39 is 0 Å². The van der Waals surface area contributed by atoms with Crippen LogP contribution >= 0.6 is 11.6 Å². The number of rotatable bonds is 4. The Balaban J connectivity index is 2.25. The minimum atomic E-state index is -0.299. The fourth-order valence-electron chi connectivity index (χ4n) is 2.50. The second-order valence-electron chi connectivity index (χ2n) is 5.51. The molecule has 2 atom stereocenters. The smallest absolute Gasteiger partial charge is 0.292 e. The summed E-state index contributed by atoms with van der Waals surface area (Å²) in [4.78, 5) is 12.2. The molecule has 20 heavy (non-hydrogen) atoms. The van der Waals surface area contributed by atoms with Gasteiger partial charge in [0.25, 0.3) is 5.56 Å². The van der Waals surface area contributed by atoms with Crippen LogP contribution < -0.4 is 10.9 Å². The maximum absolute atomic E-state index is 12.2. The van der Waals surface area contributed by atoms with Crippen molar-refractivity contribution in [3.05, 3.63) is 21.6 Å². The molecule has 0 amide bonds. The first-order chi connectivity index (χ1) is 9.41. The summed E-state index contributed by atoms with van der Waals surface area (Å²) in [6, 6.07) is 0.124. The van der Waals surface area contributed by atoms with Gasteiger partial charge in [-0.15, -0.1) is 6.42 Å². The lowest BCUT2D eigenvalue weighted by molar-refractivity contribution is -0.0795. The maximum Gasteiger partial charge on any atom is 0.292 e. The van der Waals surface area contributed by atoms with E-state index in [4.69, 9.17) is 22.8 Å². The Hall–Kier alpha value is -1.51. The van der Waals surface area contributed by atoms with Gasteiger partial charge in [-0.3, -0.25) is 4.79 Å². The molecule has 0 radical (unpaired) electrons. The van der Waals surface area contributed by atoms with Crippen LogP contribution in [-0.2, 0) is 11.3 Å². The molecule has 1 N–H and O–H groups in total. The van der Waals surface area contributed by atoms with E-state index in [9.17, 15) is 4.79 Å². The van der Waals surface area contributed by atoms with Crippen LogP contribution in [0.25, 0.3) is 0 Å². The number of nitrogens with zero attached hydrogens (tertiary/aromatic N) is 2. The Morgan fingerprint density at radius 1 is 1.70 bits per heavy atom. The summed E-state index contributed by atoms with van der Waals surface area (Å²) in [6.45, 7) is 4.31. The van der Waals surface area contributed by atoms with Crippen molar-refractivity contribution >= 4 is 17.3 Å². The number of halogens is 1. The molecule has 0 aliphatic heterocycles. The van der Waals surface area contributed by atoms with Crippen molar-refractivity contribution in [1.82, 2.24) is 9.78 Å². The number of anilines is 1. The summed E-state index contributed by atoms with van der Waals surface area (Å²) in [5, 5.41) is 7.43. The van der Waals surface area contributed by atoms with Gasteiger partial charge in [-0.2, -0.15) is 5.10 Å². The van der Waals surface area contributed by atoms with Crippen molar-refractivity contribution in [1.29, 1.82) is 0 Å². The van der Waals surface area contributed by atoms with Gasteiger partial charge in [0.15, 0.2) is 0 Å². The predicted molar refractivity (Wildman–Crippen MR) is 78.9 cm³/mol. The number of ether oxygens (including phenoxy) is 1. The molecule has 1 aromatic heterocycles. The monoisotopic (exact) mass is 295 g/mol. The van der Waals surface area contributed by atoms with Gasteiger partial charge in [0.1, 0.15) is 12.2 Å². The molecular formula is C14H18ClN3O2. The summed E-state index contributed by atoms with van der Waals surface area (Å²) < 4.78 is 6.61.